The zero-order chi connectivity index (χ0) is 24.9. The van der Waals surface area contributed by atoms with Crippen LogP contribution in [0.4, 0.5) is 13.2 Å². The summed E-state index contributed by atoms with van der Waals surface area (Å²) < 4.78 is 54.5. The van der Waals surface area contributed by atoms with Crippen LogP contribution in [-0.4, -0.2) is 67.1 Å². The van der Waals surface area contributed by atoms with E-state index in [4.69, 9.17) is 39.7 Å². The summed E-state index contributed by atoms with van der Waals surface area (Å²) in [6.45, 7) is 4.01. The predicted octanol–water partition coefficient (Wildman–Crippen LogP) is 2.70. The lowest BCUT2D eigenvalue weighted by atomic mass is 9.98. The molecule has 0 bridgehead atoms. The summed E-state index contributed by atoms with van der Waals surface area (Å²) in [7, 11) is 4.70. The van der Waals surface area contributed by atoms with E-state index in [1.165, 1.54) is 11.8 Å². The highest BCUT2D eigenvalue weighted by Crippen LogP contribution is 2.54. The molecule has 0 saturated carbocycles. The van der Waals surface area contributed by atoms with Crippen molar-refractivity contribution in [1.82, 2.24) is 0 Å². The van der Waals surface area contributed by atoms with Gasteiger partial charge >= 0.3 is 18.1 Å². The van der Waals surface area contributed by atoms with Crippen molar-refractivity contribution in [3.8, 4) is 23.0 Å². The summed E-state index contributed by atoms with van der Waals surface area (Å²) in [5, 5.41) is 16.1. The molecule has 1 aliphatic rings. The number of halogens is 3. The zero-order valence-electron chi connectivity index (χ0n) is 18.2. The average Bonchev–Trinajstić information content (AvgIpc) is 3.01. The van der Waals surface area contributed by atoms with Crippen LogP contribution in [0.1, 0.15) is 25.0 Å². The van der Waals surface area contributed by atoms with Gasteiger partial charge in [0.25, 0.3) is 0 Å². The summed E-state index contributed by atoms with van der Waals surface area (Å²) in [6, 6.07) is -0.915. The van der Waals surface area contributed by atoms with Crippen molar-refractivity contribution in [2.24, 2.45) is 5.73 Å². The van der Waals surface area contributed by atoms with Gasteiger partial charge in [-0.2, -0.15) is 24.9 Å². The Labute approximate surface area is 187 Å². The van der Waals surface area contributed by atoms with Gasteiger partial charge in [-0.05, 0) is 13.8 Å². The molecule has 1 heterocycles. The number of carboxylic acids is 2. The molecule has 0 saturated heterocycles. The van der Waals surface area contributed by atoms with E-state index >= 15 is 0 Å². The number of thioether (sulfide) groups is 1. The number of carboxylic acid groups (broad SMARTS) is 2. The van der Waals surface area contributed by atoms with Gasteiger partial charge in [-0.15, -0.1) is 0 Å². The third kappa shape index (κ3) is 6.73. The molecule has 0 unspecified atom stereocenters. The number of benzene rings is 1. The molecule has 1 aliphatic heterocycles. The monoisotopic (exact) mass is 485 g/mol. The maximum atomic E-state index is 10.9. The summed E-state index contributed by atoms with van der Waals surface area (Å²) in [5.74, 6) is -0.627. The highest BCUT2D eigenvalue weighted by Gasteiger charge is 2.39. The molecule has 1 aromatic carbocycles. The summed E-state index contributed by atoms with van der Waals surface area (Å²) >= 11 is 1.41. The molecule has 0 aliphatic carbocycles. The summed E-state index contributed by atoms with van der Waals surface area (Å²) in [4.78, 5) is 19.8. The predicted molar refractivity (Wildman–Crippen MR) is 110 cm³/mol. The molecule has 4 N–H and O–H groups in total. The molecule has 0 fully saturated rings. The smallest absolute Gasteiger partial charge is 0.490 e. The Balaban J connectivity index is 0.000000633. The number of ether oxygens (including phenoxy) is 4. The maximum Gasteiger partial charge on any atom is 0.490 e. The van der Waals surface area contributed by atoms with Crippen molar-refractivity contribution in [3.63, 3.8) is 0 Å². The van der Waals surface area contributed by atoms with E-state index in [0.29, 0.717) is 29.4 Å². The van der Waals surface area contributed by atoms with Gasteiger partial charge in [0.05, 0.1) is 26.9 Å². The number of methoxy groups -OCH3 is 3. The first-order chi connectivity index (χ1) is 14.7. The van der Waals surface area contributed by atoms with Crippen LogP contribution in [0.3, 0.4) is 0 Å². The van der Waals surface area contributed by atoms with Crippen LogP contribution in [0.5, 0.6) is 23.0 Å². The first kappa shape index (κ1) is 27.5. The number of carbonyl (C=O) groups is 2. The van der Waals surface area contributed by atoms with E-state index in [1.54, 1.807) is 21.3 Å². The number of hydrogen-bond acceptors (Lipinski definition) is 8. The number of nitrogens with two attached hydrogens (primary N) is 1. The highest BCUT2D eigenvalue weighted by molar-refractivity contribution is 7.98. The fourth-order valence-corrected chi connectivity index (χ4v) is 3.88. The van der Waals surface area contributed by atoms with Gasteiger partial charge in [-0.3, -0.25) is 4.79 Å². The van der Waals surface area contributed by atoms with Gasteiger partial charge in [-0.1, -0.05) is 0 Å². The molecule has 32 heavy (non-hydrogen) atoms. The van der Waals surface area contributed by atoms with E-state index in [0.717, 1.165) is 16.9 Å². The summed E-state index contributed by atoms with van der Waals surface area (Å²) in [5.41, 5.74) is 6.97. The van der Waals surface area contributed by atoms with Gasteiger partial charge in [0.2, 0.25) is 5.75 Å². The third-order valence-corrected chi connectivity index (χ3v) is 5.29. The molecule has 2 rings (SSSR count). The van der Waals surface area contributed by atoms with Gasteiger partial charge in [-0.25, -0.2) is 4.79 Å². The Hall–Kier alpha value is -2.54. The molecule has 0 amide bonds. The zero-order valence-corrected chi connectivity index (χ0v) is 19.0. The Kier molecular flexibility index (Phi) is 9.33. The number of aliphatic carboxylic acids is 2. The Morgan fingerprint density at radius 3 is 2.03 bits per heavy atom. The minimum atomic E-state index is -5.08. The summed E-state index contributed by atoms with van der Waals surface area (Å²) in [6.07, 6.45) is -4.40. The van der Waals surface area contributed by atoms with Gasteiger partial charge in [0.1, 0.15) is 17.4 Å². The maximum absolute atomic E-state index is 10.9. The molecule has 182 valence electrons. The lowest BCUT2D eigenvalue weighted by molar-refractivity contribution is -0.192. The van der Waals surface area contributed by atoms with Crippen molar-refractivity contribution >= 4 is 23.7 Å². The molecule has 13 heteroatoms. The highest BCUT2D eigenvalue weighted by atomic mass is 32.2. The number of rotatable bonds is 8. The minimum Gasteiger partial charge on any atom is -0.492 e. The van der Waals surface area contributed by atoms with Crippen LogP contribution >= 0.6 is 11.8 Å². The second-order valence-corrected chi connectivity index (χ2v) is 8.22. The first-order valence-electron chi connectivity index (χ1n) is 9.09. The van der Waals surface area contributed by atoms with Crippen LogP contribution in [0.15, 0.2) is 0 Å². The second-order valence-electron chi connectivity index (χ2n) is 7.19. The fraction of sp³-hybridized carbons (Fsp3) is 0.579. The van der Waals surface area contributed by atoms with Crippen molar-refractivity contribution in [3.05, 3.63) is 11.1 Å². The minimum absolute atomic E-state index is 0.283. The lowest BCUT2D eigenvalue weighted by Crippen LogP contribution is -2.32. The number of fused-ring (bicyclic) bond motifs is 1. The largest absolute Gasteiger partial charge is 0.492 e. The van der Waals surface area contributed by atoms with Gasteiger partial charge < -0.3 is 34.9 Å². The Bertz CT molecular complexity index is 845. The standard InChI is InChI=1S/C17H25NO6S.C2HF3O2/c1-17(2)6-9-12(24-17)10(7-25-8-11(18)16(19)20)14(22-4)15(23-5)13(9)21-3;3-2(4,5)1(6)7/h11H,6-8,18H2,1-5H3,(H,19,20);(H,6,7)/t11-;/m0./s1. The topological polar surface area (TPSA) is 138 Å². The van der Waals surface area contributed by atoms with Crippen molar-refractivity contribution in [2.45, 2.75) is 43.8 Å². The van der Waals surface area contributed by atoms with Crippen molar-refractivity contribution in [1.29, 1.82) is 0 Å². The van der Waals surface area contributed by atoms with Crippen LogP contribution in [0, 0.1) is 0 Å². The lowest BCUT2D eigenvalue weighted by Gasteiger charge is -2.21. The van der Waals surface area contributed by atoms with E-state index in [-0.39, 0.29) is 11.4 Å². The fourth-order valence-electron chi connectivity index (χ4n) is 2.89. The molecule has 1 aromatic rings. The van der Waals surface area contributed by atoms with Crippen LogP contribution in [0.2, 0.25) is 0 Å². The van der Waals surface area contributed by atoms with E-state index in [9.17, 15) is 18.0 Å². The quantitative estimate of drug-likeness (QED) is 0.504. The number of hydrogen-bond donors (Lipinski definition) is 3. The van der Waals surface area contributed by atoms with Crippen LogP contribution in [-0.2, 0) is 21.8 Å². The van der Waals surface area contributed by atoms with Gasteiger partial charge in [0, 0.05) is 23.5 Å². The Morgan fingerprint density at radius 2 is 1.62 bits per heavy atom. The Morgan fingerprint density at radius 1 is 1.12 bits per heavy atom. The molecular formula is C19H26F3NO8S. The van der Waals surface area contributed by atoms with Gasteiger partial charge in [0.15, 0.2) is 11.5 Å². The second kappa shape index (κ2) is 10.9. The molecule has 0 spiro atoms. The van der Waals surface area contributed by atoms with E-state index in [1.807, 2.05) is 13.8 Å². The molecule has 1 atom stereocenters. The first-order valence-corrected chi connectivity index (χ1v) is 10.2. The van der Waals surface area contributed by atoms with Crippen LogP contribution < -0.4 is 24.7 Å². The van der Waals surface area contributed by atoms with E-state index < -0.39 is 24.2 Å². The molecule has 0 aromatic heterocycles. The van der Waals surface area contributed by atoms with Crippen molar-refractivity contribution in [2.75, 3.05) is 27.1 Å². The molecule has 0 radical (unpaired) electrons. The van der Waals surface area contributed by atoms with E-state index in [2.05, 4.69) is 0 Å². The average molecular weight is 485 g/mol. The molecule has 9 nitrogen and oxygen atoms in total. The van der Waals surface area contributed by atoms with Crippen molar-refractivity contribution < 1.29 is 51.9 Å². The molecular weight excluding hydrogens is 459 g/mol. The third-order valence-electron chi connectivity index (χ3n) is 4.21. The number of alkyl halides is 3. The van der Waals surface area contributed by atoms with Crippen LogP contribution in [0.25, 0.3) is 0 Å². The normalized spacial score (nSPS) is 14.9. The SMILES string of the molecule is COc1c(CSC[C@H](N)C(=O)O)c2c(c(OC)c1OC)CC(C)(C)O2.O=C(O)C(F)(F)F.